The summed E-state index contributed by atoms with van der Waals surface area (Å²) >= 11 is 0. The van der Waals surface area contributed by atoms with Gasteiger partial charge in [0.15, 0.2) is 0 Å². The number of fused-ring (bicyclic) bond motifs is 1. The highest BCUT2D eigenvalue weighted by Gasteiger charge is 2.26. The van der Waals surface area contributed by atoms with Crippen LogP contribution < -0.4 is 4.74 Å². The van der Waals surface area contributed by atoms with Gasteiger partial charge in [-0.1, -0.05) is 36.4 Å². The van der Waals surface area contributed by atoms with E-state index >= 15 is 0 Å². The first-order chi connectivity index (χ1) is 18.9. The number of nitriles is 1. The van der Waals surface area contributed by atoms with Crippen molar-refractivity contribution in [2.45, 2.75) is 57.6 Å². The Morgan fingerprint density at radius 2 is 1.85 bits per heavy atom. The number of aromatic carboxylic acids is 1. The number of hydrogen-bond donors (Lipinski definition) is 2. The van der Waals surface area contributed by atoms with Gasteiger partial charge in [0.1, 0.15) is 12.4 Å². The Hall–Kier alpha value is -4.15. The first-order valence-corrected chi connectivity index (χ1v) is 13.5. The maximum absolute atomic E-state index is 11.5. The number of unbranched alkanes of at least 4 members (excludes halogenated alkanes) is 1. The van der Waals surface area contributed by atoms with Crippen molar-refractivity contribution in [3.05, 3.63) is 100 Å². The molecular formula is C32H34N2O5. The molecule has 4 rings (SSSR count). The molecule has 0 heterocycles. The number of carboxylic acid groups (broad SMARTS) is 2. The van der Waals surface area contributed by atoms with Gasteiger partial charge in [-0.25, -0.2) is 4.79 Å². The lowest BCUT2D eigenvalue weighted by molar-refractivity contribution is -0.137. The molecule has 3 aromatic carbocycles. The zero-order chi connectivity index (χ0) is 27.6. The van der Waals surface area contributed by atoms with E-state index in [9.17, 15) is 20.0 Å². The van der Waals surface area contributed by atoms with Crippen LogP contribution in [0.1, 0.15) is 76.3 Å². The van der Waals surface area contributed by atoms with E-state index < -0.39 is 11.9 Å². The summed E-state index contributed by atoms with van der Waals surface area (Å²) < 4.78 is 6.17. The van der Waals surface area contributed by atoms with E-state index in [1.165, 1.54) is 5.56 Å². The molecule has 0 saturated heterocycles. The maximum Gasteiger partial charge on any atom is 0.335 e. The van der Waals surface area contributed by atoms with Crippen molar-refractivity contribution in [1.29, 1.82) is 5.26 Å². The number of aryl methyl sites for hydroxylation is 1. The van der Waals surface area contributed by atoms with Crippen LogP contribution >= 0.6 is 0 Å². The molecule has 7 nitrogen and oxygen atoms in total. The number of hydrogen-bond acceptors (Lipinski definition) is 5. The molecule has 1 aliphatic carbocycles. The second kappa shape index (κ2) is 13.6. The van der Waals surface area contributed by atoms with Gasteiger partial charge in [0, 0.05) is 19.0 Å². The molecule has 3 aromatic rings. The van der Waals surface area contributed by atoms with Gasteiger partial charge in [-0.05, 0) is 97.7 Å². The number of nitrogens with zero attached hydrogens (tertiary/aromatic N) is 2. The van der Waals surface area contributed by atoms with E-state index in [0.29, 0.717) is 24.2 Å². The number of rotatable bonds is 13. The van der Waals surface area contributed by atoms with Crippen LogP contribution in [0.5, 0.6) is 5.75 Å². The lowest BCUT2D eigenvalue weighted by Crippen LogP contribution is -2.34. The maximum atomic E-state index is 11.5. The second-order valence-corrected chi connectivity index (χ2v) is 9.97. The summed E-state index contributed by atoms with van der Waals surface area (Å²) in [6.45, 7) is 1.90. The molecule has 202 valence electrons. The average Bonchev–Trinajstić information content (AvgIpc) is 2.95. The van der Waals surface area contributed by atoms with Crippen LogP contribution in [0, 0.1) is 11.3 Å². The summed E-state index contributed by atoms with van der Waals surface area (Å²) in [7, 11) is 0. The summed E-state index contributed by atoms with van der Waals surface area (Å²) in [6.07, 6.45) is 5.12. The molecule has 0 bridgehead atoms. The summed E-state index contributed by atoms with van der Waals surface area (Å²) in [5.41, 5.74) is 5.20. The van der Waals surface area contributed by atoms with Crippen LogP contribution in [0.3, 0.4) is 0 Å². The summed E-state index contributed by atoms with van der Waals surface area (Å²) in [5, 5.41) is 27.7. The largest absolute Gasteiger partial charge is 0.489 e. The van der Waals surface area contributed by atoms with Crippen molar-refractivity contribution in [3.63, 3.8) is 0 Å². The second-order valence-electron chi connectivity index (χ2n) is 9.97. The molecule has 0 spiro atoms. The summed E-state index contributed by atoms with van der Waals surface area (Å²) in [5.74, 6) is -0.889. The molecule has 39 heavy (non-hydrogen) atoms. The zero-order valence-electron chi connectivity index (χ0n) is 22.0. The number of ether oxygens (including phenoxy) is 1. The molecule has 1 aliphatic rings. The Morgan fingerprint density at radius 3 is 2.64 bits per heavy atom. The molecule has 0 aliphatic heterocycles. The highest BCUT2D eigenvalue weighted by molar-refractivity contribution is 5.88. The first kappa shape index (κ1) is 27.9. The smallest absolute Gasteiger partial charge is 0.335 e. The third-order valence-electron chi connectivity index (χ3n) is 7.29. The third kappa shape index (κ3) is 7.68. The standard InChI is InChI=1S/C32H34N2O5/c33-21-23-7-5-8-24(19-23)22-39-30-12-2-1-9-25(30)16-18-34(17-4-3-13-31(35)36)29-11-6-10-26-20-27(32(37)38)14-15-28(26)29/h1-2,5,7-9,12,14-15,19-20,29H,3-4,6,10-11,13,16-18,22H2,(H,35,36)(H,37,38). The average molecular weight is 527 g/mol. The Balaban J connectivity index is 1.49. The Kier molecular flexibility index (Phi) is 9.71. The van der Waals surface area contributed by atoms with Crippen molar-refractivity contribution in [3.8, 4) is 11.8 Å². The monoisotopic (exact) mass is 526 g/mol. The predicted molar refractivity (Wildman–Crippen MR) is 148 cm³/mol. The summed E-state index contributed by atoms with van der Waals surface area (Å²) in [6, 6.07) is 23.1. The lowest BCUT2D eigenvalue weighted by atomic mass is 9.85. The van der Waals surface area contributed by atoms with Gasteiger partial charge in [-0.2, -0.15) is 5.26 Å². The van der Waals surface area contributed by atoms with E-state index in [2.05, 4.69) is 17.0 Å². The Labute approximate surface area is 229 Å². The fourth-order valence-electron chi connectivity index (χ4n) is 5.32. The zero-order valence-corrected chi connectivity index (χ0v) is 22.0. The molecular weight excluding hydrogens is 492 g/mol. The highest BCUT2D eigenvalue weighted by Crippen LogP contribution is 2.35. The van der Waals surface area contributed by atoms with Gasteiger partial charge in [0.25, 0.3) is 0 Å². The van der Waals surface area contributed by atoms with Crippen molar-refractivity contribution in [1.82, 2.24) is 4.90 Å². The van der Waals surface area contributed by atoms with Crippen molar-refractivity contribution < 1.29 is 24.5 Å². The van der Waals surface area contributed by atoms with Gasteiger partial charge in [0.05, 0.1) is 17.2 Å². The number of para-hydroxylation sites is 1. The number of carbonyl (C=O) groups is 2. The molecule has 0 aromatic heterocycles. The van der Waals surface area contributed by atoms with Crippen LogP contribution in [0.25, 0.3) is 0 Å². The van der Waals surface area contributed by atoms with Gasteiger partial charge in [-0.15, -0.1) is 0 Å². The van der Waals surface area contributed by atoms with Crippen LogP contribution in [-0.4, -0.2) is 40.1 Å². The van der Waals surface area contributed by atoms with Gasteiger partial charge in [0.2, 0.25) is 0 Å². The molecule has 0 fully saturated rings. The van der Waals surface area contributed by atoms with Crippen molar-refractivity contribution in [2.24, 2.45) is 0 Å². The number of aliphatic carboxylic acids is 1. The fourth-order valence-corrected chi connectivity index (χ4v) is 5.32. The Morgan fingerprint density at radius 1 is 1.00 bits per heavy atom. The van der Waals surface area contributed by atoms with E-state index in [1.54, 1.807) is 18.2 Å². The normalized spacial score (nSPS) is 14.4. The van der Waals surface area contributed by atoms with E-state index in [4.69, 9.17) is 9.84 Å². The SMILES string of the molecule is N#Cc1cccc(COc2ccccc2CCN(CCCCC(=O)O)C2CCCc3cc(C(=O)O)ccc32)c1. The van der Waals surface area contributed by atoms with Crippen molar-refractivity contribution in [2.75, 3.05) is 13.1 Å². The number of benzene rings is 3. The predicted octanol–water partition coefficient (Wildman–Crippen LogP) is 6.01. The van der Waals surface area contributed by atoms with Crippen LogP contribution in [-0.2, 0) is 24.2 Å². The third-order valence-corrected chi connectivity index (χ3v) is 7.29. The molecule has 0 radical (unpaired) electrons. The number of carboxylic acids is 2. The molecule has 0 saturated carbocycles. The fraction of sp³-hybridized carbons (Fsp3) is 0.344. The highest BCUT2D eigenvalue weighted by atomic mass is 16.5. The first-order valence-electron chi connectivity index (χ1n) is 13.5. The molecule has 7 heteroatoms. The van der Waals surface area contributed by atoms with E-state index in [-0.39, 0.29) is 12.5 Å². The van der Waals surface area contributed by atoms with E-state index in [0.717, 1.165) is 67.6 Å². The van der Waals surface area contributed by atoms with E-state index in [1.807, 2.05) is 42.5 Å². The van der Waals surface area contributed by atoms with Crippen LogP contribution in [0.15, 0.2) is 66.7 Å². The molecule has 1 atom stereocenters. The minimum Gasteiger partial charge on any atom is -0.489 e. The lowest BCUT2D eigenvalue weighted by Gasteiger charge is -2.36. The molecule has 1 unspecified atom stereocenters. The Bertz CT molecular complexity index is 1350. The van der Waals surface area contributed by atoms with Gasteiger partial charge < -0.3 is 14.9 Å². The van der Waals surface area contributed by atoms with Crippen LogP contribution in [0.2, 0.25) is 0 Å². The molecule has 2 N–H and O–H groups in total. The minimum absolute atomic E-state index is 0.154. The topological polar surface area (TPSA) is 111 Å². The van der Waals surface area contributed by atoms with Gasteiger partial charge in [-0.3, -0.25) is 9.69 Å². The molecule has 0 amide bonds. The summed E-state index contributed by atoms with van der Waals surface area (Å²) in [4.78, 5) is 25.0. The van der Waals surface area contributed by atoms with Crippen LogP contribution in [0.4, 0.5) is 0 Å². The quantitative estimate of drug-likeness (QED) is 0.262. The van der Waals surface area contributed by atoms with Gasteiger partial charge >= 0.3 is 11.9 Å². The van der Waals surface area contributed by atoms with Crippen molar-refractivity contribution >= 4 is 11.9 Å². The minimum atomic E-state index is -0.915.